The van der Waals surface area contributed by atoms with Crippen LogP contribution in [0.1, 0.15) is 11.1 Å². The van der Waals surface area contributed by atoms with Gasteiger partial charge in [-0.15, -0.1) is 0 Å². The molecule has 0 amide bonds. The molecule has 1 aromatic carbocycles. The fraction of sp³-hybridized carbons (Fsp3) is 0.357. The summed E-state index contributed by atoms with van der Waals surface area (Å²) >= 11 is 0. The maximum absolute atomic E-state index is 6.06. The minimum atomic E-state index is 0.529. The van der Waals surface area contributed by atoms with E-state index in [0.717, 1.165) is 37.3 Å². The van der Waals surface area contributed by atoms with Gasteiger partial charge in [-0.2, -0.15) is 0 Å². The van der Waals surface area contributed by atoms with Gasteiger partial charge in [0.15, 0.2) is 5.96 Å². The number of nitrogens with one attached hydrogen (secondary N) is 1. The molecule has 0 aromatic heterocycles. The molecule has 0 bridgehead atoms. The van der Waals surface area contributed by atoms with Crippen molar-refractivity contribution in [3.63, 3.8) is 0 Å². The van der Waals surface area contributed by atoms with Crippen molar-refractivity contribution in [2.75, 3.05) is 26.2 Å². The Morgan fingerprint density at radius 1 is 1.32 bits per heavy atom. The summed E-state index contributed by atoms with van der Waals surface area (Å²) in [5.41, 5.74) is 14.6. The summed E-state index contributed by atoms with van der Waals surface area (Å²) in [5.74, 6) is 0.529. The zero-order valence-electron chi connectivity index (χ0n) is 11.3. The van der Waals surface area contributed by atoms with E-state index in [4.69, 9.17) is 11.5 Å². The first-order chi connectivity index (χ1) is 9.22. The summed E-state index contributed by atoms with van der Waals surface area (Å²) in [5, 5.41) is 3.29. The second-order valence-corrected chi connectivity index (χ2v) is 4.57. The first kappa shape index (κ1) is 13.4. The average molecular weight is 259 g/mol. The number of rotatable bonds is 2. The number of nitrogens with zero attached hydrogens (tertiary/aromatic N) is 2. The van der Waals surface area contributed by atoms with Crippen molar-refractivity contribution in [1.82, 2.24) is 10.2 Å². The molecule has 0 aliphatic carbocycles. The molecule has 1 heterocycles. The lowest BCUT2D eigenvalue weighted by Gasteiger charge is -2.28. The zero-order valence-corrected chi connectivity index (χ0v) is 11.3. The second kappa shape index (κ2) is 6.24. The Morgan fingerprint density at radius 3 is 2.63 bits per heavy atom. The van der Waals surface area contributed by atoms with Gasteiger partial charge in [0.2, 0.25) is 0 Å². The highest BCUT2D eigenvalue weighted by Crippen LogP contribution is 2.19. The summed E-state index contributed by atoms with van der Waals surface area (Å²) in [6.07, 6.45) is 1.51. The van der Waals surface area contributed by atoms with E-state index in [-0.39, 0.29) is 0 Å². The molecule has 2 rings (SSSR count). The van der Waals surface area contributed by atoms with E-state index < -0.39 is 0 Å². The number of guanidine groups is 1. The molecular formula is C14H21N5. The monoisotopic (exact) mass is 259 g/mol. The molecule has 0 radical (unpaired) electrons. The van der Waals surface area contributed by atoms with Gasteiger partial charge in [-0.1, -0.05) is 24.3 Å². The van der Waals surface area contributed by atoms with Crippen LogP contribution in [-0.2, 0) is 0 Å². The topological polar surface area (TPSA) is 79.7 Å². The molecule has 0 unspecified atom stereocenters. The lowest BCUT2D eigenvalue weighted by Crippen LogP contribution is -2.49. The molecule has 102 valence electrons. The van der Waals surface area contributed by atoms with E-state index in [9.17, 15) is 0 Å². The molecule has 1 aromatic rings. The Labute approximate surface area is 114 Å². The number of hydrogen-bond donors (Lipinski definition) is 3. The fourth-order valence-corrected chi connectivity index (χ4v) is 2.14. The normalized spacial score (nSPS) is 17.6. The van der Waals surface area contributed by atoms with E-state index >= 15 is 0 Å². The summed E-state index contributed by atoms with van der Waals surface area (Å²) in [4.78, 5) is 6.55. The van der Waals surface area contributed by atoms with Crippen molar-refractivity contribution in [2.24, 2.45) is 16.5 Å². The van der Waals surface area contributed by atoms with Crippen LogP contribution in [0.15, 0.2) is 35.5 Å². The van der Waals surface area contributed by atoms with Crippen LogP contribution in [0.25, 0.3) is 5.70 Å². The van der Waals surface area contributed by atoms with E-state index in [1.807, 2.05) is 31.2 Å². The Kier molecular flexibility index (Phi) is 4.41. The van der Waals surface area contributed by atoms with Gasteiger partial charge in [0.05, 0.1) is 5.70 Å². The van der Waals surface area contributed by atoms with Gasteiger partial charge >= 0.3 is 0 Å². The molecule has 0 saturated carbocycles. The van der Waals surface area contributed by atoms with Gasteiger partial charge in [0, 0.05) is 37.9 Å². The predicted molar refractivity (Wildman–Crippen MR) is 79.4 cm³/mol. The van der Waals surface area contributed by atoms with Crippen LogP contribution in [0.2, 0.25) is 0 Å². The van der Waals surface area contributed by atoms with Crippen molar-refractivity contribution in [3.8, 4) is 0 Å². The Bertz CT molecular complexity index is 486. The van der Waals surface area contributed by atoms with Crippen molar-refractivity contribution >= 4 is 11.7 Å². The molecule has 0 atom stereocenters. The van der Waals surface area contributed by atoms with Crippen LogP contribution < -0.4 is 16.8 Å². The number of hydrogen-bond acceptors (Lipinski definition) is 3. The van der Waals surface area contributed by atoms with Gasteiger partial charge in [0.1, 0.15) is 0 Å². The highest BCUT2D eigenvalue weighted by Gasteiger charge is 2.12. The number of piperazine rings is 1. The maximum Gasteiger partial charge on any atom is 0.196 e. The van der Waals surface area contributed by atoms with Crippen LogP contribution in [0.5, 0.6) is 0 Å². The van der Waals surface area contributed by atoms with E-state index in [1.165, 1.54) is 6.20 Å². The third-order valence-corrected chi connectivity index (χ3v) is 3.25. The van der Waals surface area contributed by atoms with Crippen LogP contribution in [0.3, 0.4) is 0 Å². The Balaban J connectivity index is 2.21. The third kappa shape index (κ3) is 3.26. The summed E-state index contributed by atoms with van der Waals surface area (Å²) in [6.45, 7) is 5.65. The van der Waals surface area contributed by atoms with Crippen LogP contribution >= 0.6 is 0 Å². The zero-order chi connectivity index (χ0) is 13.7. The largest absolute Gasteiger partial charge is 0.403 e. The lowest BCUT2D eigenvalue weighted by atomic mass is 10.1. The lowest BCUT2D eigenvalue weighted by molar-refractivity contribution is 0.354. The van der Waals surface area contributed by atoms with Crippen molar-refractivity contribution in [2.45, 2.75) is 6.92 Å². The number of aryl methyl sites for hydroxylation is 1. The quantitative estimate of drug-likeness (QED) is 0.533. The third-order valence-electron chi connectivity index (χ3n) is 3.25. The molecule has 1 aliphatic heterocycles. The first-order valence-corrected chi connectivity index (χ1v) is 6.50. The predicted octanol–water partition coefficient (Wildman–Crippen LogP) is 0.472. The minimum Gasteiger partial charge on any atom is -0.403 e. The number of nitrogens with two attached hydrogens (primary N) is 2. The molecule has 1 fully saturated rings. The fourth-order valence-electron chi connectivity index (χ4n) is 2.14. The van der Waals surface area contributed by atoms with E-state index in [2.05, 4.69) is 15.2 Å². The average Bonchev–Trinajstić information content (AvgIpc) is 2.46. The highest BCUT2D eigenvalue weighted by molar-refractivity contribution is 5.85. The first-order valence-electron chi connectivity index (χ1n) is 6.50. The molecule has 1 aliphatic rings. The van der Waals surface area contributed by atoms with Gasteiger partial charge < -0.3 is 21.7 Å². The summed E-state index contributed by atoms with van der Waals surface area (Å²) < 4.78 is 0. The molecule has 19 heavy (non-hydrogen) atoms. The van der Waals surface area contributed by atoms with E-state index in [0.29, 0.717) is 11.7 Å². The smallest absolute Gasteiger partial charge is 0.196 e. The highest BCUT2D eigenvalue weighted by atomic mass is 15.3. The summed E-state index contributed by atoms with van der Waals surface area (Å²) in [7, 11) is 0. The standard InChI is InChI=1S/C14H21N5/c1-11-4-2-3-5-12(11)13(10-15)18-14(16)19-8-6-17-7-9-19/h2-5,10,17H,6-9,15H2,1H3,(H2,16,18)/b13-10-. The second-order valence-electron chi connectivity index (χ2n) is 4.57. The SMILES string of the molecule is Cc1ccccc1/C(=C/N)N=C(N)N1CCNCC1. The van der Waals surface area contributed by atoms with Gasteiger partial charge in [-0.25, -0.2) is 4.99 Å². The van der Waals surface area contributed by atoms with E-state index in [1.54, 1.807) is 0 Å². The Hall–Kier alpha value is -2.01. The summed E-state index contributed by atoms with van der Waals surface area (Å²) in [6, 6.07) is 8.01. The van der Waals surface area contributed by atoms with Crippen LogP contribution in [-0.4, -0.2) is 37.0 Å². The van der Waals surface area contributed by atoms with Crippen molar-refractivity contribution in [3.05, 3.63) is 41.6 Å². The molecule has 0 spiro atoms. The number of aliphatic imine (C=N–C) groups is 1. The molecule has 5 heteroatoms. The van der Waals surface area contributed by atoms with Gasteiger partial charge in [0.25, 0.3) is 0 Å². The van der Waals surface area contributed by atoms with Crippen molar-refractivity contribution in [1.29, 1.82) is 0 Å². The van der Waals surface area contributed by atoms with Crippen molar-refractivity contribution < 1.29 is 0 Å². The minimum absolute atomic E-state index is 0.529. The molecule has 5 N–H and O–H groups in total. The molecule has 1 saturated heterocycles. The van der Waals surface area contributed by atoms with Crippen LogP contribution in [0, 0.1) is 6.92 Å². The van der Waals surface area contributed by atoms with Gasteiger partial charge in [-0.05, 0) is 12.5 Å². The molecular weight excluding hydrogens is 238 g/mol. The Morgan fingerprint density at radius 2 is 2.00 bits per heavy atom. The maximum atomic E-state index is 6.06. The van der Waals surface area contributed by atoms with Crippen LogP contribution in [0.4, 0.5) is 0 Å². The number of benzene rings is 1. The van der Waals surface area contributed by atoms with Gasteiger partial charge in [-0.3, -0.25) is 0 Å². The molecule has 5 nitrogen and oxygen atoms in total.